The van der Waals surface area contributed by atoms with Gasteiger partial charge in [0.15, 0.2) is 0 Å². The first-order valence-corrected chi connectivity index (χ1v) is 8.28. The summed E-state index contributed by atoms with van der Waals surface area (Å²) in [5.41, 5.74) is 3.21. The van der Waals surface area contributed by atoms with E-state index in [1.54, 1.807) is 0 Å². The normalized spacial score (nSPS) is 15.6. The van der Waals surface area contributed by atoms with Crippen LogP contribution in [0.25, 0.3) is 11.5 Å². The second kappa shape index (κ2) is 6.12. The van der Waals surface area contributed by atoms with Crippen LogP contribution in [0.5, 0.6) is 0 Å². The third-order valence-corrected chi connectivity index (χ3v) is 4.38. The van der Waals surface area contributed by atoms with E-state index in [2.05, 4.69) is 21.6 Å². The number of aromatic nitrogens is 2. The minimum absolute atomic E-state index is 0.0265. The van der Waals surface area contributed by atoms with Crippen molar-refractivity contribution >= 4 is 17.7 Å². The molecule has 0 spiro atoms. The summed E-state index contributed by atoms with van der Waals surface area (Å²) in [5, 5.41) is 11.3. The van der Waals surface area contributed by atoms with Gasteiger partial charge in [0.05, 0.1) is 5.25 Å². The lowest BCUT2D eigenvalue weighted by Gasteiger charge is -2.08. The Hall–Kier alpha value is -1.82. The highest BCUT2D eigenvalue weighted by Crippen LogP contribution is 2.28. The van der Waals surface area contributed by atoms with Gasteiger partial charge < -0.3 is 9.73 Å². The zero-order valence-electron chi connectivity index (χ0n) is 12.9. The van der Waals surface area contributed by atoms with E-state index < -0.39 is 0 Å². The van der Waals surface area contributed by atoms with Gasteiger partial charge in [-0.15, -0.1) is 10.2 Å². The van der Waals surface area contributed by atoms with Crippen molar-refractivity contribution in [3.63, 3.8) is 0 Å². The maximum Gasteiger partial charge on any atom is 0.277 e. The van der Waals surface area contributed by atoms with E-state index in [1.165, 1.54) is 11.8 Å². The van der Waals surface area contributed by atoms with Gasteiger partial charge in [0.2, 0.25) is 11.8 Å². The summed E-state index contributed by atoms with van der Waals surface area (Å²) in [6.45, 7) is 5.92. The zero-order chi connectivity index (χ0) is 15.7. The van der Waals surface area contributed by atoms with E-state index in [0.29, 0.717) is 17.2 Å². The number of hydrogen-bond donors (Lipinski definition) is 1. The molecule has 22 heavy (non-hydrogen) atoms. The van der Waals surface area contributed by atoms with Crippen LogP contribution in [0.1, 0.15) is 30.9 Å². The fourth-order valence-corrected chi connectivity index (χ4v) is 2.92. The largest absolute Gasteiger partial charge is 0.411 e. The van der Waals surface area contributed by atoms with Crippen LogP contribution in [0.3, 0.4) is 0 Å². The van der Waals surface area contributed by atoms with Crippen molar-refractivity contribution in [1.82, 2.24) is 15.5 Å². The summed E-state index contributed by atoms with van der Waals surface area (Å²) in [5.74, 6) is 0.516. The van der Waals surface area contributed by atoms with Gasteiger partial charge in [-0.3, -0.25) is 4.79 Å². The summed E-state index contributed by atoms with van der Waals surface area (Å²) in [6.07, 6.45) is 2.17. The SMILES string of the molecule is Cc1cc(C)cc(-c2nnc(SC(C)C(=O)NC3CC3)o2)c1. The number of nitrogens with one attached hydrogen (secondary N) is 1. The van der Waals surface area contributed by atoms with Crippen molar-refractivity contribution in [2.75, 3.05) is 0 Å². The van der Waals surface area contributed by atoms with Crippen LogP contribution < -0.4 is 5.32 Å². The number of aryl methyl sites for hydroxylation is 2. The van der Waals surface area contributed by atoms with Gasteiger partial charge in [0.25, 0.3) is 5.22 Å². The number of amides is 1. The summed E-state index contributed by atoms with van der Waals surface area (Å²) in [6, 6.07) is 6.49. The maximum absolute atomic E-state index is 11.9. The first-order valence-electron chi connectivity index (χ1n) is 7.40. The molecular formula is C16H19N3O2S. The number of benzene rings is 1. The number of nitrogens with zero attached hydrogens (tertiary/aromatic N) is 2. The lowest BCUT2D eigenvalue weighted by atomic mass is 10.1. The molecule has 1 aliphatic carbocycles. The van der Waals surface area contributed by atoms with Crippen molar-refractivity contribution in [1.29, 1.82) is 0 Å². The fraction of sp³-hybridized carbons (Fsp3) is 0.438. The van der Waals surface area contributed by atoms with E-state index in [9.17, 15) is 4.79 Å². The van der Waals surface area contributed by atoms with Gasteiger partial charge >= 0.3 is 0 Å². The van der Waals surface area contributed by atoms with Crippen LogP contribution in [-0.2, 0) is 4.79 Å². The Morgan fingerprint density at radius 2 is 1.95 bits per heavy atom. The lowest BCUT2D eigenvalue weighted by Crippen LogP contribution is -2.32. The quantitative estimate of drug-likeness (QED) is 0.858. The maximum atomic E-state index is 11.9. The molecule has 6 heteroatoms. The number of thioether (sulfide) groups is 1. The fourth-order valence-electron chi connectivity index (χ4n) is 2.22. The third-order valence-electron chi connectivity index (χ3n) is 3.45. The summed E-state index contributed by atoms with van der Waals surface area (Å²) in [7, 11) is 0. The van der Waals surface area contributed by atoms with E-state index in [1.807, 2.05) is 32.9 Å². The molecule has 1 saturated carbocycles. The Labute approximate surface area is 133 Å². The molecule has 116 valence electrons. The average molecular weight is 317 g/mol. The molecule has 5 nitrogen and oxygen atoms in total. The standard InChI is InChI=1S/C16H19N3O2S/c1-9-6-10(2)8-12(7-9)15-18-19-16(21-15)22-11(3)14(20)17-13-4-5-13/h6-8,11,13H,4-5H2,1-3H3,(H,17,20). The van der Waals surface area contributed by atoms with Gasteiger partial charge in [0.1, 0.15) is 0 Å². The zero-order valence-corrected chi connectivity index (χ0v) is 13.7. The molecule has 1 aromatic heterocycles. The van der Waals surface area contributed by atoms with E-state index in [-0.39, 0.29) is 11.2 Å². The first-order chi connectivity index (χ1) is 10.5. The van der Waals surface area contributed by atoms with Gasteiger partial charge in [-0.1, -0.05) is 29.0 Å². The Morgan fingerprint density at radius 3 is 2.59 bits per heavy atom. The minimum Gasteiger partial charge on any atom is -0.411 e. The van der Waals surface area contributed by atoms with Crippen LogP contribution in [0.4, 0.5) is 0 Å². The third kappa shape index (κ3) is 3.68. The Bertz CT molecular complexity index is 674. The van der Waals surface area contributed by atoms with Crippen LogP contribution >= 0.6 is 11.8 Å². The Balaban J connectivity index is 1.68. The predicted molar refractivity (Wildman–Crippen MR) is 85.7 cm³/mol. The molecule has 0 saturated heterocycles. The Morgan fingerprint density at radius 1 is 1.27 bits per heavy atom. The van der Waals surface area contributed by atoms with E-state index in [4.69, 9.17) is 4.42 Å². The molecule has 0 aliphatic heterocycles. The van der Waals surface area contributed by atoms with Crippen molar-refractivity contribution in [3.05, 3.63) is 29.3 Å². The molecule has 0 radical (unpaired) electrons. The molecule has 1 amide bonds. The summed E-state index contributed by atoms with van der Waals surface area (Å²) >= 11 is 1.29. The van der Waals surface area contributed by atoms with Crippen molar-refractivity contribution in [2.24, 2.45) is 0 Å². The molecule has 0 bridgehead atoms. The molecule has 1 N–H and O–H groups in total. The number of carbonyl (C=O) groups is 1. The first kappa shape index (κ1) is 15.1. The molecular weight excluding hydrogens is 298 g/mol. The minimum atomic E-state index is -0.242. The van der Waals surface area contributed by atoms with Crippen LogP contribution in [0.2, 0.25) is 0 Å². The molecule has 2 aromatic rings. The predicted octanol–water partition coefficient (Wildman–Crippen LogP) is 3.11. The van der Waals surface area contributed by atoms with Gasteiger partial charge in [-0.2, -0.15) is 0 Å². The smallest absolute Gasteiger partial charge is 0.277 e. The van der Waals surface area contributed by atoms with Gasteiger partial charge in [0, 0.05) is 11.6 Å². The second-order valence-corrected chi connectivity index (χ2v) is 7.08. The van der Waals surface area contributed by atoms with Crippen LogP contribution in [-0.4, -0.2) is 27.4 Å². The lowest BCUT2D eigenvalue weighted by molar-refractivity contribution is -0.120. The molecule has 1 aromatic carbocycles. The van der Waals surface area contributed by atoms with Crippen LogP contribution in [0, 0.1) is 13.8 Å². The summed E-state index contributed by atoms with van der Waals surface area (Å²) in [4.78, 5) is 11.9. The molecule has 1 aliphatic rings. The highest BCUT2D eigenvalue weighted by Gasteiger charge is 2.27. The number of rotatable bonds is 5. The highest BCUT2D eigenvalue weighted by molar-refractivity contribution is 8.00. The molecule has 1 atom stereocenters. The molecule has 1 fully saturated rings. The van der Waals surface area contributed by atoms with Crippen molar-refractivity contribution in [3.8, 4) is 11.5 Å². The van der Waals surface area contributed by atoms with E-state index >= 15 is 0 Å². The summed E-state index contributed by atoms with van der Waals surface area (Å²) < 4.78 is 5.68. The second-order valence-electron chi connectivity index (χ2n) is 5.79. The van der Waals surface area contributed by atoms with Crippen molar-refractivity contribution < 1.29 is 9.21 Å². The molecule has 3 rings (SSSR count). The molecule has 1 heterocycles. The van der Waals surface area contributed by atoms with Crippen LogP contribution in [0.15, 0.2) is 27.8 Å². The van der Waals surface area contributed by atoms with Crippen molar-refractivity contribution in [2.45, 2.75) is 50.1 Å². The van der Waals surface area contributed by atoms with Gasteiger partial charge in [-0.05, 0) is 45.7 Å². The molecule has 1 unspecified atom stereocenters. The average Bonchev–Trinajstić information content (AvgIpc) is 3.13. The topological polar surface area (TPSA) is 68.0 Å². The van der Waals surface area contributed by atoms with E-state index in [0.717, 1.165) is 29.5 Å². The number of carbonyl (C=O) groups excluding carboxylic acids is 1. The van der Waals surface area contributed by atoms with Gasteiger partial charge in [-0.25, -0.2) is 0 Å². The number of hydrogen-bond acceptors (Lipinski definition) is 5. The Kier molecular flexibility index (Phi) is 4.20. The monoisotopic (exact) mass is 317 g/mol. The highest BCUT2D eigenvalue weighted by atomic mass is 32.2.